The van der Waals surface area contributed by atoms with Crippen LogP contribution in [0.5, 0.6) is 0 Å². The van der Waals surface area contributed by atoms with E-state index in [0.29, 0.717) is 29.6 Å². The Morgan fingerprint density at radius 3 is 2.52 bits per heavy atom. The van der Waals surface area contributed by atoms with E-state index in [9.17, 15) is 4.79 Å². The topological polar surface area (TPSA) is 78.0 Å². The summed E-state index contributed by atoms with van der Waals surface area (Å²) in [4.78, 5) is 18.8. The maximum absolute atomic E-state index is 12.1. The van der Waals surface area contributed by atoms with Crippen molar-refractivity contribution in [1.29, 1.82) is 0 Å². The molecular weight excluding hydrogens is 366 g/mol. The van der Waals surface area contributed by atoms with Crippen LogP contribution in [-0.2, 0) is 4.74 Å². The SMILES string of the molecule is CN=C(NCCNC(=O)c1ccccc1Cl)NCC(C)(C)N1CCOCC1. The van der Waals surface area contributed by atoms with Crippen molar-refractivity contribution in [2.24, 2.45) is 4.99 Å². The highest BCUT2D eigenvalue weighted by Crippen LogP contribution is 2.15. The number of aliphatic imine (C=N–C) groups is 1. The number of benzene rings is 1. The van der Waals surface area contributed by atoms with Crippen LogP contribution in [0.15, 0.2) is 29.3 Å². The maximum atomic E-state index is 12.1. The molecule has 0 radical (unpaired) electrons. The second-order valence-electron chi connectivity index (χ2n) is 7.00. The maximum Gasteiger partial charge on any atom is 0.252 e. The van der Waals surface area contributed by atoms with E-state index in [0.717, 1.165) is 32.8 Å². The lowest BCUT2D eigenvalue weighted by Gasteiger charge is -2.41. The van der Waals surface area contributed by atoms with Gasteiger partial charge in [0.25, 0.3) is 5.91 Å². The first-order valence-electron chi connectivity index (χ1n) is 9.24. The molecule has 150 valence electrons. The lowest BCUT2D eigenvalue weighted by molar-refractivity contribution is -0.00833. The lowest BCUT2D eigenvalue weighted by Crippen LogP contribution is -2.56. The van der Waals surface area contributed by atoms with Crippen molar-refractivity contribution in [3.8, 4) is 0 Å². The summed E-state index contributed by atoms with van der Waals surface area (Å²) in [5, 5.41) is 9.88. The average Bonchev–Trinajstić information content (AvgIpc) is 2.68. The third kappa shape index (κ3) is 6.68. The van der Waals surface area contributed by atoms with E-state index < -0.39 is 0 Å². The molecule has 1 aromatic rings. The van der Waals surface area contributed by atoms with E-state index >= 15 is 0 Å². The van der Waals surface area contributed by atoms with Crippen molar-refractivity contribution in [3.63, 3.8) is 0 Å². The molecule has 0 aliphatic carbocycles. The fourth-order valence-corrected chi connectivity index (χ4v) is 3.12. The Bertz CT molecular complexity index is 645. The number of morpholine rings is 1. The predicted molar refractivity (Wildman–Crippen MR) is 110 cm³/mol. The van der Waals surface area contributed by atoms with Crippen molar-refractivity contribution in [2.75, 3.05) is 53.0 Å². The summed E-state index contributed by atoms with van der Waals surface area (Å²) in [6.45, 7) is 9.65. The number of nitrogens with zero attached hydrogens (tertiary/aromatic N) is 2. The molecule has 7 nitrogen and oxygen atoms in total. The van der Waals surface area contributed by atoms with E-state index in [2.05, 4.69) is 39.7 Å². The van der Waals surface area contributed by atoms with Gasteiger partial charge in [-0.05, 0) is 26.0 Å². The van der Waals surface area contributed by atoms with Crippen LogP contribution in [-0.4, -0.2) is 75.3 Å². The summed E-state index contributed by atoms with van der Waals surface area (Å²) in [6, 6.07) is 7.01. The van der Waals surface area contributed by atoms with Crippen LogP contribution >= 0.6 is 11.6 Å². The Balaban J connectivity index is 1.71. The van der Waals surface area contributed by atoms with Crippen LogP contribution in [0.1, 0.15) is 24.2 Å². The van der Waals surface area contributed by atoms with E-state index in [1.165, 1.54) is 0 Å². The largest absolute Gasteiger partial charge is 0.379 e. The van der Waals surface area contributed by atoms with Crippen LogP contribution < -0.4 is 16.0 Å². The van der Waals surface area contributed by atoms with Crippen LogP contribution in [0.25, 0.3) is 0 Å². The number of hydrogen-bond acceptors (Lipinski definition) is 4. The van der Waals surface area contributed by atoms with Gasteiger partial charge in [-0.1, -0.05) is 23.7 Å². The second kappa shape index (κ2) is 10.5. The Morgan fingerprint density at radius 2 is 1.85 bits per heavy atom. The first-order valence-corrected chi connectivity index (χ1v) is 9.62. The third-order valence-corrected chi connectivity index (χ3v) is 4.93. The zero-order valence-corrected chi connectivity index (χ0v) is 17.1. The number of carbonyl (C=O) groups excluding carboxylic acids is 1. The number of rotatable bonds is 7. The van der Waals surface area contributed by atoms with Crippen LogP contribution in [0.2, 0.25) is 5.02 Å². The summed E-state index contributed by atoms with van der Waals surface area (Å²) < 4.78 is 5.42. The number of carbonyl (C=O) groups is 1. The van der Waals surface area contributed by atoms with Gasteiger partial charge in [0.05, 0.1) is 23.8 Å². The second-order valence-corrected chi connectivity index (χ2v) is 7.41. The van der Waals surface area contributed by atoms with Crippen LogP contribution in [0, 0.1) is 0 Å². The van der Waals surface area contributed by atoms with Gasteiger partial charge < -0.3 is 20.7 Å². The van der Waals surface area contributed by atoms with Gasteiger partial charge in [0.15, 0.2) is 5.96 Å². The smallest absolute Gasteiger partial charge is 0.252 e. The Kier molecular flexibility index (Phi) is 8.34. The molecule has 1 aliphatic heterocycles. The average molecular weight is 396 g/mol. The number of guanidine groups is 1. The van der Waals surface area contributed by atoms with Gasteiger partial charge in [0, 0.05) is 45.3 Å². The Morgan fingerprint density at radius 1 is 1.19 bits per heavy atom. The highest BCUT2D eigenvalue weighted by molar-refractivity contribution is 6.33. The molecule has 0 spiro atoms. The Hall–Kier alpha value is -1.83. The number of halogens is 1. The van der Waals surface area contributed by atoms with Gasteiger partial charge in [-0.25, -0.2) is 0 Å². The van der Waals surface area contributed by atoms with Crippen molar-refractivity contribution in [3.05, 3.63) is 34.9 Å². The van der Waals surface area contributed by atoms with Gasteiger partial charge in [-0.3, -0.25) is 14.7 Å². The molecule has 1 heterocycles. The number of nitrogens with one attached hydrogen (secondary N) is 3. The molecule has 2 rings (SSSR count). The summed E-state index contributed by atoms with van der Waals surface area (Å²) >= 11 is 6.04. The van der Waals surface area contributed by atoms with Gasteiger partial charge in [0.1, 0.15) is 0 Å². The monoisotopic (exact) mass is 395 g/mol. The van der Waals surface area contributed by atoms with E-state index in [1.54, 1.807) is 31.3 Å². The standard InChI is InChI=1S/C19H30ClN5O2/c1-19(2,25-10-12-27-13-11-25)14-24-18(21-3)23-9-8-22-17(26)15-6-4-5-7-16(15)20/h4-7H,8-14H2,1-3H3,(H,22,26)(H2,21,23,24). The van der Waals surface area contributed by atoms with Crippen molar-refractivity contribution in [2.45, 2.75) is 19.4 Å². The van der Waals surface area contributed by atoms with Gasteiger partial charge in [0.2, 0.25) is 0 Å². The molecule has 0 atom stereocenters. The molecule has 8 heteroatoms. The number of ether oxygens (including phenoxy) is 1. The molecule has 1 aliphatic rings. The van der Waals surface area contributed by atoms with Crippen molar-refractivity contribution < 1.29 is 9.53 Å². The van der Waals surface area contributed by atoms with Gasteiger partial charge >= 0.3 is 0 Å². The highest BCUT2D eigenvalue weighted by Gasteiger charge is 2.28. The fraction of sp³-hybridized carbons (Fsp3) is 0.579. The lowest BCUT2D eigenvalue weighted by atomic mass is 10.0. The van der Waals surface area contributed by atoms with E-state index in [4.69, 9.17) is 16.3 Å². The third-order valence-electron chi connectivity index (χ3n) is 4.60. The predicted octanol–water partition coefficient (Wildman–Crippen LogP) is 1.35. The van der Waals surface area contributed by atoms with E-state index in [1.807, 2.05) is 0 Å². The van der Waals surface area contributed by atoms with Crippen molar-refractivity contribution >= 4 is 23.5 Å². The minimum absolute atomic E-state index is 0.000323. The van der Waals surface area contributed by atoms with Gasteiger partial charge in [-0.15, -0.1) is 0 Å². The molecule has 27 heavy (non-hydrogen) atoms. The number of amides is 1. The highest BCUT2D eigenvalue weighted by atomic mass is 35.5. The quantitative estimate of drug-likeness (QED) is 0.369. The first kappa shape index (κ1) is 21.5. The molecule has 0 unspecified atom stereocenters. The molecule has 3 N–H and O–H groups in total. The zero-order valence-electron chi connectivity index (χ0n) is 16.3. The molecule has 1 aromatic carbocycles. The van der Waals surface area contributed by atoms with E-state index in [-0.39, 0.29) is 11.4 Å². The molecule has 1 amide bonds. The van der Waals surface area contributed by atoms with Gasteiger partial charge in [-0.2, -0.15) is 0 Å². The van der Waals surface area contributed by atoms with Crippen molar-refractivity contribution in [1.82, 2.24) is 20.9 Å². The molecule has 1 fully saturated rings. The number of hydrogen-bond donors (Lipinski definition) is 3. The molecule has 1 saturated heterocycles. The minimum Gasteiger partial charge on any atom is -0.379 e. The normalized spacial score (nSPS) is 16.1. The molecule has 0 bridgehead atoms. The molecule has 0 aromatic heterocycles. The fourth-order valence-electron chi connectivity index (χ4n) is 2.90. The Labute approximate surface area is 166 Å². The molecular formula is C19H30ClN5O2. The first-order chi connectivity index (χ1) is 12.9. The summed E-state index contributed by atoms with van der Waals surface area (Å²) in [7, 11) is 1.74. The molecule has 0 saturated carbocycles. The summed E-state index contributed by atoms with van der Waals surface area (Å²) in [5.41, 5.74) is 0.480. The summed E-state index contributed by atoms with van der Waals surface area (Å²) in [6.07, 6.45) is 0. The summed E-state index contributed by atoms with van der Waals surface area (Å²) in [5.74, 6) is 0.530. The van der Waals surface area contributed by atoms with Crippen LogP contribution in [0.4, 0.5) is 0 Å². The minimum atomic E-state index is -0.182. The zero-order chi connectivity index (χ0) is 19.7. The van der Waals surface area contributed by atoms with Crippen LogP contribution in [0.3, 0.4) is 0 Å².